The molecule has 3 aromatic heterocycles. The second-order valence-corrected chi connectivity index (χ2v) is 8.45. The number of para-hydroxylation sites is 1. The summed E-state index contributed by atoms with van der Waals surface area (Å²) < 4.78 is 5.36. The molecule has 2 amide bonds. The number of aromatic amines is 1. The van der Waals surface area contributed by atoms with Crippen LogP contribution in [-0.2, 0) is 22.4 Å². The Morgan fingerprint density at radius 3 is 2.48 bits per heavy atom. The Morgan fingerprint density at radius 1 is 1.00 bits per heavy atom. The zero-order chi connectivity index (χ0) is 21.2. The van der Waals surface area contributed by atoms with Crippen LogP contribution in [0, 0.1) is 0 Å². The van der Waals surface area contributed by atoms with Crippen LogP contribution in [-0.4, -0.2) is 57.8 Å². The van der Waals surface area contributed by atoms with Crippen LogP contribution >= 0.6 is 11.3 Å². The maximum Gasteiger partial charge on any atom is 0.228 e. The largest absolute Gasteiger partial charge is 0.462 e. The second kappa shape index (κ2) is 8.39. The monoisotopic (exact) mass is 434 g/mol. The topological polar surface area (TPSA) is 82.4 Å². The SMILES string of the molecule is O=C(Cc1csc(-c2ccco2)n1)N1CCN(C(=O)Cc2c[nH]c3ccccc23)CC1. The quantitative estimate of drug-likeness (QED) is 0.522. The highest BCUT2D eigenvalue weighted by Crippen LogP contribution is 2.24. The van der Waals surface area contributed by atoms with Gasteiger partial charge in [-0.25, -0.2) is 4.98 Å². The second-order valence-electron chi connectivity index (χ2n) is 7.60. The van der Waals surface area contributed by atoms with Crippen molar-refractivity contribution in [1.29, 1.82) is 0 Å². The minimum absolute atomic E-state index is 0.0417. The Labute approximate surface area is 183 Å². The van der Waals surface area contributed by atoms with E-state index in [9.17, 15) is 9.59 Å². The van der Waals surface area contributed by atoms with Crippen molar-refractivity contribution >= 4 is 34.1 Å². The first-order valence-electron chi connectivity index (χ1n) is 10.3. The summed E-state index contributed by atoms with van der Waals surface area (Å²) in [5.41, 5.74) is 2.80. The summed E-state index contributed by atoms with van der Waals surface area (Å²) in [5.74, 6) is 0.852. The molecule has 1 aliphatic heterocycles. The van der Waals surface area contributed by atoms with Crippen LogP contribution in [0.15, 0.2) is 58.7 Å². The van der Waals surface area contributed by atoms with E-state index >= 15 is 0 Å². The summed E-state index contributed by atoms with van der Waals surface area (Å²) in [6.07, 6.45) is 4.15. The molecule has 0 bridgehead atoms. The molecule has 1 aromatic carbocycles. The predicted molar refractivity (Wildman–Crippen MR) is 119 cm³/mol. The fraction of sp³-hybridized carbons (Fsp3) is 0.261. The van der Waals surface area contributed by atoms with E-state index in [0.717, 1.165) is 27.2 Å². The molecule has 31 heavy (non-hydrogen) atoms. The average Bonchev–Trinajstić information content (AvgIpc) is 3.55. The molecule has 0 saturated carbocycles. The van der Waals surface area contributed by atoms with E-state index in [1.807, 2.05) is 57.8 Å². The number of thiazole rings is 1. The summed E-state index contributed by atoms with van der Waals surface area (Å²) in [6, 6.07) is 11.7. The van der Waals surface area contributed by atoms with Gasteiger partial charge in [0.25, 0.3) is 0 Å². The van der Waals surface area contributed by atoms with Gasteiger partial charge in [0.15, 0.2) is 10.8 Å². The third-order valence-electron chi connectivity index (χ3n) is 5.62. The van der Waals surface area contributed by atoms with Gasteiger partial charge in [0.05, 0.1) is 24.8 Å². The number of carbonyl (C=O) groups is 2. The van der Waals surface area contributed by atoms with Crippen molar-refractivity contribution in [2.75, 3.05) is 26.2 Å². The standard InChI is InChI=1S/C23H22N4O3S/c28-21(12-16-14-24-19-5-2-1-4-18(16)19)26-7-9-27(10-8-26)22(29)13-17-15-31-23(25-17)20-6-3-11-30-20/h1-6,11,14-15,24H,7-10,12-13H2. The third kappa shape index (κ3) is 4.11. The van der Waals surface area contributed by atoms with Crippen molar-refractivity contribution in [3.05, 3.63) is 65.5 Å². The molecule has 8 heteroatoms. The number of nitrogens with zero attached hydrogens (tertiary/aromatic N) is 3. The lowest BCUT2D eigenvalue weighted by molar-refractivity contribution is -0.138. The van der Waals surface area contributed by atoms with Gasteiger partial charge in [-0.2, -0.15) is 0 Å². The van der Waals surface area contributed by atoms with Gasteiger partial charge in [-0.05, 0) is 23.8 Å². The normalized spacial score (nSPS) is 14.3. The molecule has 1 fully saturated rings. The van der Waals surface area contributed by atoms with Crippen molar-refractivity contribution in [1.82, 2.24) is 19.8 Å². The van der Waals surface area contributed by atoms with E-state index < -0.39 is 0 Å². The molecule has 0 atom stereocenters. The number of nitrogens with one attached hydrogen (secondary N) is 1. The third-order valence-corrected chi connectivity index (χ3v) is 6.52. The number of fused-ring (bicyclic) bond motifs is 1. The van der Waals surface area contributed by atoms with Crippen LogP contribution < -0.4 is 0 Å². The number of aromatic nitrogens is 2. The number of rotatable bonds is 5. The summed E-state index contributed by atoms with van der Waals surface area (Å²) in [7, 11) is 0. The van der Waals surface area contributed by atoms with Gasteiger partial charge >= 0.3 is 0 Å². The summed E-state index contributed by atoms with van der Waals surface area (Å²) in [4.78, 5) is 36.9. The molecule has 0 radical (unpaired) electrons. The number of furan rings is 1. The van der Waals surface area contributed by atoms with Crippen LogP contribution in [0.1, 0.15) is 11.3 Å². The van der Waals surface area contributed by atoms with Crippen LogP contribution in [0.3, 0.4) is 0 Å². The highest BCUT2D eigenvalue weighted by molar-refractivity contribution is 7.13. The van der Waals surface area contributed by atoms with Gasteiger partial charge in [0, 0.05) is 48.7 Å². The Hall–Kier alpha value is -3.39. The van der Waals surface area contributed by atoms with Crippen molar-refractivity contribution in [3.63, 3.8) is 0 Å². The molecule has 1 N–H and O–H groups in total. The van der Waals surface area contributed by atoms with Crippen molar-refractivity contribution in [3.8, 4) is 10.8 Å². The molecule has 0 spiro atoms. The maximum atomic E-state index is 12.8. The molecule has 7 nitrogen and oxygen atoms in total. The van der Waals surface area contributed by atoms with Crippen molar-refractivity contribution in [2.24, 2.45) is 0 Å². The van der Waals surface area contributed by atoms with Gasteiger partial charge in [-0.15, -0.1) is 11.3 Å². The van der Waals surface area contributed by atoms with E-state index in [1.54, 1.807) is 6.26 Å². The number of H-pyrrole nitrogens is 1. The van der Waals surface area contributed by atoms with Gasteiger partial charge in [0.1, 0.15) is 0 Å². The molecule has 0 aliphatic carbocycles. The van der Waals surface area contributed by atoms with Crippen molar-refractivity contribution in [2.45, 2.75) is 12.8 Å². The fourth-order valence-corrected chi connectivity index (χ4v) is 4.71. The van der Waals surface area contributed by atoms with E-state index in [0.29, 0.717) is 38.4 Å². The Morgan fingerprint density at radius 2 is 1.74 bits per heavy atom. The predicted octanol–water partition coefficient (Wildman–Crippen LogP) is 3.34. The molecular weight excluding hydrogens is 412 g/mol. The lowest BCUT2D eigenvalue weighted by atomic mass is 10.1. The molecule has 1 saturated heterocycles. The molecule has 1 aliphatic rings. The summed E-state index contributed by atoms with van der Waals surface area (Å²) in [5, 5.41) is 3.76. The Kier molecular flexibility index (Phi) is 5.30. The van der Waals surface area contributed by atoms with E-state index in [2.05, 4.69) is 9.97 Å². The highest BCUT2D eigenvalue weighted by atomic mass is 32.1. The first-order valence-corrected chi connectivity index (χ1v) is 11.1. The zero-order valence-electron chi connectivity index (χ0n) is 16.9. The molecular formula is C23H22N4O3S. The van der Waals surface area contributed by atoms with Gasteiger partial charge in [-0.3, -0.25) is 9.59 Å². The lowest BCUT2D eigenvalue weighted by Gasteiger charge is -2.34. The number of benzene rings is 1. The van der Waals surface area contributed by atoms with E-state index in [-0.39, 0.29) is 18.2 Å². The number of carbonyl (C=O) groups excluding carboxylic acids is 2. The van der Waals surface area contributed by atoms with E-state index in [1.165, 1.54) is 11.3 Å². The van der Waals surface area contributed by atoms with Gasteiger partial charge < -0.3 is 19.2 Å². The van der Waals surface area contributed by atoms with Crippen LogP contribution in [0.25, 0.3) is 21.7 Å². The van der Waals surface area contributed by atoms with Crippen LogP contribution in [0.4, 0.5) is 0 Å². The molecule has 0 unspecified atom stereocenters. The van der Waals surface area contributed by atoms with Crippen LogP contribution in [0.5, 0.6) is 0 Å². The molecule has 5 rings (SSSR count). The lowest BCUT2D eigenvalue weighted by Crippen LogP contribution is -2.51. The summed E-state index contributed by atoms with van der Waals surface area (Å²) in [6.45, 7) is 2.21. The molecule has 4 aromatic rings. The molecule has 158 valence electrons. The van der Waals surface area contributed by atoms with Gasteiger partial charge in [-0.1, -0.05) is 18.2 Å². The number of amides is 2. The Balaban J connectivity index is 1.15. The average molecular weight is 435 g/mol. The zero-order valence-corrected chi connectivity index (χ0v) is 17.7. The highest BCUT2D eigenvalue weighted by Gasteiger charge is 2.25. The number of piperazine rings is 1. The minimum atomic E-state index is 0.0417. The van der Waals surface area contributed by atoms with Crippen molar-refractivity contribution < 1.29 is 14.0 Å². The number of hydrogen-bond acceptors (Lipinski definition) is 5. The molecule has 4 heterocycles. The fourth-order valence-electron chi connectivity index (χ4n) is 3.93. The van der Waals surface area contributed by atoms with Crippen LogP contribution in [0.2, 0.25) is 0 Å². The Bertz CT molecular complexity index is 1200. The van der Waals surface area contributed by atoms with E-state index in [4.69, 9.17) is 4.42 Å². The minimum Gasteiger partial charge on any atom is -0.462 e. The number of hydrogen-bond donors (Lipinski definition) is 1. The first kappa shape index (κ1) is 19.6. The smallest absolute Gasteiger partial charge is 0.228 e. The first-order chi connectivity index (χ1) is 15.2. The summed E-state index contributed by atoms with van der Waals surface area (Å²) >= 11 is 1.47. The maximum absolute atomic E-state index is 12.8. The van der Waals surface area contributed by atoms with Gasteiger partial charge in [0.2, 0.25) is 11.8 Å².